The molecule has 0 bridgehead atoms. The first-order chi connectivity index (χ1) is 12.5. The zero-order chi connectivity index (χ0) is 18.7. The van der Waals surface area contributed by atoms with Crippen LogP contribution in [-0.2, 0) is 12.8 Å². The highest BCUT2D eigenvalue weighted by Gasteiger charge is 2.17. The van der Waals surface area contributed by atoms with E-state index in [2.05, 4.69) is 25.0 Å². The summed E-state index contributed by atoms with van der Waals surface area (Å²) in [5.74, 6) is 0.0712. The molecule has 1 aromatic heterocycles. The Hall–Kier alpha value is -2.88. The van der Waals surface area contributed by atoms with Gasteiger partial charge in [-0.25, -0.2) is 9.48 Å². The molecule has 0 unspecified atom stereocenters. The van der Waals surface area contributed by atoms with Crippen LogP contribution in [0.3, 0.4) is 0 Å². The molecule has 0 radical (unpaired) electrons. The van der Waals surface area contributed by atoms with E-state index >= 15 is 0 Å². The van der Waals surface area contributed by atoms with Gasteiger partial charge in [0.15, 0.2) is 0 Å². The summed E-state index contributed by atoms with van der Waals surface area (Å²) in [5.41, 5.74) is 5.82. The van der Waals surface area contributed by atoms with Gasteiger partial charge in [-0.15, -0.1) is 0 Å². The van der Waals surface area contributed by atoms with E-state index in [1.165, 1.54) is 11.1 Å². The number of carbonyl (C=O) groups excluding carboxylic acids is 1. The smallest absolute Gasteiger partial charge is 0.344 e. The van der Waals surface area contributed by atoms with E-state index in [0.717, 1.165) is 29.8 Å². The first-order valence-electron chi connectivity index (χ1n) is 9.00. The Morgan fingerprint density at radius 3 is 2.42 bits per heavy atom. The normalized spacial score (nSPS) is 10.8. The largest absolute Gasteiger partial charge is 0.404 e. The molecule has 0 spiro atoms. The summed E-state index contributed by atoms with van der Waals surface area (Å²) in [6.45, 7) is 8.23. The molecule has 3 rings (SSSR count). The molecule has 0 saturated carbocycles. The molecule has 4 nitrogen and oxygen atoms in total. The lowest BCUT2D eigenvalue weighted by atomic mass is 10.1. The van der Waals surface area contributed by atoms with Gasteiger partial charge < -0.3 is 4.74 Å². The maximum Gasteiger partial charge on any atom is 0.344 e. The molecule has 0 aliphatic carbocycles. The molecule has 0 amide bonds. The Morgan fingerprint density at radius 2 is 1.77 bits per heavy atom. The number of hydrogen-bond acceptors (Lipinski definition) is 3. The minimum atomic E-state index is -0.373. The fraction of sp³-hybridized carbons (Fsp3) is 0.273. The van der Waals surface area contributed by atoms with E-state index in [4.69, 9.17) is 4.74 Å². The summed E-state index contributed by atoms with van der Waals surface area (Å²) < 4.78 is 7.42. The van der Waals surface area contributed by atoms with Crippen LogP contribution in [0, 0.1) is 13.8 Å². The van der Waals surface area contributed by atoms with E-state index in [9.17, 15) is 4.79 Å². The third-order valence-corrected chi connectivity index (χ3v) is 4.69. The first kappa shape index (κ1) is 17.9. The Bertz CT molecular complexity index is 924. The third-order valence-electron chi connectivity index (χ3n) is 4.69. The number of carbonyl (C=O) groups is 1. The van der Waals surface area contributed by atoms with Crippen molar-refractivity contribution in [3.8, 4) is 11.6 Å². The van der Waals surface area contributed by atoms with Crippen molar-refractivity contribution in [1.82, 2.24) is 9.78 Å². The molecular formula is C22H24N2O2. The number of hydrogen-bond donors (Lipinski definition) is 0. The lowest BCUT2D eigenvalue weighted by Gasteiger charge is -2.12. The molecule has 0 fully saturated rings. The summed E-state index contributed by atoms with van der Waals surface area (Å²) in [6, 6.07) is 15.4. The lowest BCUT2D eigenvalue weighted by Crippen LogP contribution is -2.12. The third kappa shape index (κ3) is 3.54. The van der Waals surface area contributed by atoms with Gasteiger partial charge in [-0.05, 0) is 61.6 Å². The Morgan fingerprint density at radius 1 is 1.04 bits per heavy atom. The van der Waals surface area contributed by atoms with Crippen LogP contribution < -0.4 is 4.74 Å². The Balaban J connectivity index is 1.95. The molecule has 1 heterocycles. The highest BCUT2D eigenvalue weighted by Crippen LogP contribution is 2.25. The van der Waals surface area contributed by atoms with Gasteiger partial charge >= 0.3 is 5.97 Å². The zero-order valence-electron chi connectivity index (χ0n) is 15.7. The molecule has 2 aromatic carbocycles. The molecule has 0 atom stereocenters. The second-order valence-electron chi connectivity index (χ2n) is 6.40. The maximum absolute atomic E-state index is 12.6. The van der Waals surface area contributed by atoms with Crippen molar-refractivity contribution in [3.63, 3.8) is 0 Å². The van der Waals surface area contributed by atoms with Crippen LogP contribution in [0.5, 0.6) is 5.88 Å². The van der Waals surface area contributed by atoms with Crippen molar-refractivity contribution in [3.05, 3.63) is 76.5 Å². The molecule has 26 heavy (non-hydrogen) atoms. The van der Waals surface area contributed by atoms with Gasteiger partial charge in [0, 0.05) is 6.07 Å². The van der Waals surface area contributed by atoms with Crippen molar-refractivity contribution in [2.75, 3.05) is 0 Å². The summed E-state index contributed by atoms with van der Waals surface area (Å²) in [6.07, 6.45) is 1.71. The Labute approximate surface area is 154 Å². The summed E-state index contributed by atoms with van der Waals surface area (Å²) in [7, 11) is 0. The number of aromatic nitrogens is 2. The highest BCUT2D eigenvalue weighted by molar-refractivity contribution is 5.91. The predicted octanol–water partition coefficient (Wildman–Crippen LogP) is 4.83. The van der Waals surface area contributed by atoms with Gasteiger partial charge in [0.1, 0.15) is 0 Å². The van der Waals surface area contributed by atoms with E-state index in [-0.39, 0.29) is 5.97 Å². The number of nitrogens with zero attached hydrogens (tertiary/aromatic N) is 2. The van der Waals surface area contributed by atoms with Crippen molar-refractivity contribution in [2.24, 2.45) is 0 Å². The maximum atomic E-state index is 12.6. The van der Waals surface area contributed by atoms with Crippen LogP contribution in [0.4, 0.5) is 0 Å². The molecule has 4 heteroatoms. The van der Waals surface area contributed by atoms with Crippen LogP contribution in [0.2, 0.25) is 0 Å². The highest BCUT2D eigenvalue weighted by atomic mass is 16.5. The van der Waals surface area contributed by atoms with Crippen LogP contribution in [-0.4, -0.2) is 15.7 Å². The second-order valence-corrected chi connectivity index (χ2v) is 6.40. The predicted molar refractivity (Wildman–Crippen MR) is 103 cm³/mol. The van der Waals surface area contributed by atoms with Crippen molar-refractivity contribution in [1.29, 1.82) is 0 Å². The average molecular weight is 348 g/mol. The van der Waals surface area contributed by atoms with Crippen molar-refractivity contribution in [2.45, 2.75) is 40.5 Å². The number of rotatable bonds is 5. The van der Waals surface area contributed by atoms with Crippen molar-refractivity contribution >= 4 is 5.97 Å². The average Bonchev–Trinajstić information content (AvgIpc) is 3.06. The first-order valence-corrected chi connectivity index (χ1v) is 9.00. The number of aryl methyl sites for hydroxylation is 3. The fourth-order valence-electron chi connectivity index (χ4n) is 2.82. The van der Waals surface area contributed by atoms with Gasteiger partial charge in [-0.2, -0.15) is 5.10 Å². The summed E-state index contributed by atoms with van der Waals surface area (Å²) >= 11 is 0. The molecule has 0 aliphatic heterocycles. The summed E-state index contributed by atoms with van der Waals surface area (Å²) in [5, 5.41) is 4.61. The summed E-state index contributed by atoms with van der Waals surface area (Å²) in [4.78, 5) is 12.6. The number of benzene rings is 2. The molecule has 0 saturated heterocycles. The quantitative estimate of drug-likeness (QED) is 0.620. The molecule has 134 valence electrons. The van der Waals surface area contributed by atoms with E-state index in [1.807, 2.05) is 44.2 Å². The standard InChI is InChI=1S/C22H24N2O2/c1-5-17-10-12-18(13-11-17)22(25)26-21-14-19(6-2)23-24(21)20-9-7-8-15(3)16(20)4/h7-14H,5-6H2,1-4H3. The fourth-order valence-corrected chi connectivity index (χ4v) is 2.82. The van der Waals surface area contributed by atoms with Gasteiger partial charge in [-0.1, -0.05) is 38.1 Å². The van der Waals surface area contributed by atoms with Crippen LogP contribution in [0.15, 0.2) is 48.5 Å². The van der Waals surface area contributed by atoms with Gasteiger partial charge in [0.2, 0.25) is 5.88 Å². The molecule has 0 N–H and O–H groups in total. The second kappa shape index (κ2) is 7.56. The van der Waals surface area contributed by atoms with Crippen LogP contribution >= 0.6 is 0 Å². The topological polar surface area (TPSA) is 44.1 Å². The lowest BCUT2D eigenvalue weighted by molar-refractivity contribution is 0.0723. The van der Waals surface area contributed by atoms with Gasteiger partial charge in [-0.3, -0.25) is 0 Å². The molecule has 3 aromatic rings. The molecular weight excluding hydrogens is 324 g/mol. The van der Waals surface area contributed by atoms with E-state index in [0.29, 0.717) is 11.4 Å². The van der Waals surface area contributed by atoms with E-state index < -0.39 is 0 Å². The minimum absolute atomic E-state index is 0.373. The van der Waals surface area contributed by atoms with Gasteiger partial charge in [0.25, 0.3) is 0 Å². The number of ether oxygens (including phenoxy) is 1. The van der Waals surface area contributed by atoms with Crippen LogP contribution in [0.25, 0.3) is 5.69 Å². The SMILES string of the molecule is CCc1ccc(C(=O)Oc2cc(CC)nn2-c2cccc(C)c2C)cc1. The Kier molecular flexibility index (Phi) is 5.21. The van der Waals surface area contributed by atoms with E-state index in [1.54, 1.807) is 16.8 Å². The van der Waals surface area contributed by atoms with Gasteiger partial charge in [0.05, 0.1) is 16.9 Å². The monoisotopic (exact) mass is 348 g/mol. The van der Waals surface area contributed by atoms with Crippen LogP contribution in [0.1, 0.15) is 46.6 Å². The van der Waals surface area contributed by atoms with Crippen molar-refractivity contribution < 1.29 is 9.53 Å². The number of esters is 1. The minimum Gasteiger partial charge on any atom is -0.404 e. The molecule has 0 aliphatic rings. The zero-order valence-corrected chi connectivity index (χ0v) is 15.7.